The summed E-state index contributed by atoms with van der Waals surface area (Å²) in [6.07, 6.45) is 0.817. The van der Waals surface area contributed by atoms with Crippen LogP contribution in [0.4, 0.5) is 10.8 Å². The molecule has 0 aliphatic rings. The average Bonchev–Trinajstić information content (AvgIpc) is 2.70. The zero-order valence-electron chi connectivity index (χ0n) is 10.8. The van der Waals surface area contributed by atoms with Crippen LogP contribution in [0.3, 0.4) is 0 Å². The molecule has 1 aromatic heterocycles. The largest absolute Gasteiger partial charge is 0.383 e. The normalized spacial score (nSPS) is 13.5. The molecule has 0 saturated heterocycles. The van der Waals surface area contributed by atoms with E-state index in [4.69, 9.17) is 10.5 Å². The fraction of sp³-hybridized carbons (Fsp3) is 0.700. The Morgan fingerprint density at radius 1 is 1.50 bits per heavy atom. The van der Waals surface area contributed by atoms with Gasteiger partial charge in [-0.2, -0.15) is 4.37 Å². The van der Waals surface area contributed by atoms with Crippen LogP contribution in [-0.2, 0) is 14.6 Å². The molecule has 1 rings (SSSR count). The molecule has 8 heteroatoms. The first-order chi connectivity index (χ1) is 8.46. The molecule has 1 atom stereocenters. The Bertz CT molecular complexity index is 485. The summed E-state index contributed by atoms with van der Waals surface area (Å²) in [6, 6.07) is 0.0423. The number of hydrogen-bond acceptors (Lipinski definition) is 7. The molecule has 0 aromatic carbocycles. The molecule has 0 aliphatic heterocycles. The zero-order valence-corrected chi connectivity index (χ0v) is 12.4. The second-order valence-corrected chi connectivity index (χ2v) is 6.82. The third-order valence-electron chi connectivity index (χ3n) is 2.56. The number of aromatic nitrogens is 1. The van der Waals surface area contributed by atoms with Crippen LogP contribution < -0.4 is 11.1 Å². The summed E-state index contributed by atoms with van der Waals surface area (Å²) in [5.74, 6) is 0.0716. The fourth-order valence-corrected chi connectivity index (χ4v) is 3.71. The van der Waals surface area contributed by atoms with Gasteiger partial charge >= 0.3 is 0 Å². The lowest BCUT2D eigenvalue weighted by Gasteiger charge is -2.16. The lowest BCUT2D eigenvalue weighted by Crippen LogP contribution is -2.24. The highest BCUT2D eigenvalue weighted by Crippen LogP contribution is 2.32. The predicted molar refractivity (Wildman–Crippen MR) is 73.8 cm³/mol. The number of methoxy groups -OCH3 is 1. The van der Waals surface area contributed by atoms with Crippen LogP contribution in [0.15, 0.2) is 4.90 Å². The van der Waals surface area contributed by atoms with Crippen LogP contribution in [0.2, 0.25) is 0 Å². The van der Waals surface area contributed by atoms with Crippen LogP contribution in [0.25, 0.3) is 0 Å². The van der Waals surface area contributed by atoms with Gasteiger partial charge in [0.1, 0.15) is 9.90 Å². The monoisotopic (exact) mass is 293 g/mol. The van der Waals surface area contributed by atoms with Crippen molar-refractivity contribution < 1.29 is 13.2 Å². The van der Waals surface area contributed by atoms with Crippen LogP contribution >= 0.6 is 11.5 Å². The maximum atomic E-state index is 11.9. The van der Waals surface area contributed by atoms with Crippen LogP contribution in [0.5, 0.6) is 0 Å². The standard InChI is InChI=1S/C10H19N3O3S2/c1-4-7(6-16-3)12-10-8(9(11)13-17-10)18(14,15)5-2/h7,12H,4-6H2,1-3H3,(H2,11,13). The predicted octanol–water partition coefficient (Wildman–Crippen LogP) is 1.36. The molecule has 0 saturated carbocycles. The zero-order chi connectivity index (χ0) is 13.8. The van der Waals surface area contributed by atoms with Gasteiger partial charge in [-0.1, -0.05) is 13.8 Å². The summed E-state index contributed by atoms with van der Waals surface area (Å²) in [5.41, 5.74) is 5.64. The molecule has 1 aromatic rings. The van der Waals surface area contributed by atoms with Crippen molar-refractivity contribution >= 4 is 32.2 Å². The van der Waals surface area contributed by atoms with E-state index in [9.17, 15) is 8.42 Å². The second kappa shape index (κ2) is 6.35. The topological polar surface area (TPSA) is 94.3 Å². The Morgan fingerprint density at radius 2 is 2.17 bits per heavy atom. The number of anilines is 2. The number of nitrogens with two attached hydrogens (primary N) is 1. The highest BCUT2D eigenvalue weighted by molar-refractivity contribution is 7.91. The first-order valence-corrected chi connectivity index (χ1v) is 8.12. The minimum atomic E-state index is -3.37. The molecule has 104 valence electrons. The van der Waals surface area contributed by atoms with Gasteiger partial charge in [0.25, 0.3) is 0 Å². The number of nitrogens with zero attached hydrogens (tertiary/aromatic N) is 1. The van der Waals surface area contributed by atoms with Crippen LogP contribution in [-0.4, -0.2) is 38.3 Å². The van der Waals surface area contributed by atoms with Crippen molar-refractivity contribution in [2.24, 2.45) is 0 Å². The summed E-state index contributed by atoms with van der Waals surface area (Å²) in [5, 5.41) is 3.63. The third kappa shape index (κ3) is 3.33. The van der Waals surface area contributed by atoms with E-state index in [1.807, 2.05) is 6.92 Å². The van der Waals surface area contributed by atoms with Gasteiger partial charge in [0, 0.05) is 7.11 Å². The molecule has 3 N–H and O–H groups in total. The van der Waals surface area contributed by atoms with E-state index < -0.39 is 9.84 Å². The fourth-order valence-electron chi connectivity index (χ4n) is 1.48. The molecule has 1 unspecified atom stereocenters. The van der Waals surface area contributed by atoms with Gasteiger partial charge in [-0.05, 0) is 18.0 Å². The van der Waals surface area contributed by atoms with Crippen molar-refractivity contribution in [1.29, 1.82) is 0 Å². The lowest BCUT2D eigenvalue weighted by atomic mass is 10.2. The molecule has 1 heterocycles. The van der Waals surface area contributed by atoms with Gasteiger partial charge in [0.05, 0.1) is 18.4 Å². The maximum Gasteiger partial charge on any atom is 0.184 e. The number of rotatable bonds is 7. The molecular weight excluding hydrogens is 274 g/mol. The van der Waals surface area contributed by atoms with Crippen molar-refractivity contribution in [3.8, 4) is 0 Å². The molecule has 0 bridgehead atoms. The van der Waals surface area contributed by atoms with Gasteiger partial charge in [-0.3, -0.25) is 0 Å². The van der Waals surface area contributed by atoms with Gasteiger partial charge in [0.15, 0.2) is 15.7 Å². The average molecular weight is 293 g/mol. The Balaban J connectivity index is 3.04. The summed E-state index contributed by atoms with van der Waals surface area (Å²) >= 11 is 1.07. The van der Waals surface area contributed by atoms with Crippen molar-refractivity contribution in [3.05, 3.63) is 0 Å². The number of nitrogen functional groups attached to an aromatic ring is 1. The molecule has 0 spiro atoms. The number of sulfone groups is 1. The molecule has 18 heavy (non-hydrogen) atoms. The van der Waals surface area contributed by atoms with E-state index in [0.717, 1.165) is 18.0 Å². The molecular formula is C10H19N3O3S2. The first-order valence-electron chi connectivity index (χ1n) is 5.69. The van der Waals surface area contributed by atoms with E-state index in [1.54, 1.807) is 14.0 Å². The number of hydrogen-bond donors (Lipinski definition) is 2. The lowest BCUT2D eigenvalue weighted by molar-refractivity contribution is 0.184. The quantitative estimate of drug-likeness (QED) is 0.788. The maximum absolute atomic E-state index is 11.9. The van der Waals surface area contributed by atoms with E-state index in [2.05, 4.69) is 9.69 Å². The second-order valence-electron chi connectivity index (χ2n) is 3.83. The minimum Gasteiger partial charge on any atom is -0.383 e. The van der Waals surface area contributed by atoms with Crippen molar-refractivity contribution in [2.45, 2.75) is 31.2 Å². The minimum absolute atomic E-state index is 0.00532. The molecule has 6 nitrogen and oxygen atoms in total. The highest BCUT2D eigenvalue weighted by Gasteiger charge is 2.25. The Labute approximate surface area is 112 Å². The molecule has 0 radical (unpaired) electrons. The summed E-state index contributed by atoms with van der Waals surface area (Å²) < 4.78 is 32.9. The number of ether oxygens (including phenoxy) is 1. The molecule has 0 amide bonds. The van der Waals surface area contributed by atoms with E-state index in [-0.39, 0.29) is 22.5 Å². The highest BCUT2D eigenvalue weighted by atomic mass is 32.2. The Kier molecular flexibility index (Phi) is 5.36. The van der Waals surface area contributed by atoms with Gasteiger partial charge in [-0.25, -0.2) is 8.42 Å². The Morgan fingerprint density at radius 3 is 2.67 bits per heavy atom. The number of nitrogens with one attached hydrogen (secondary N) is 1. The van der Waals surface area contributed by atoms with Crippen LogP contribution in [0, 0.1) is 0 Å². The van der Waals surface area contributed by atoms with Crippen LogP contribution in [0.1, 0.15) is 20.3 Å². The Hall–Kier alpha value is -0.860. The van der Waals surface area contributed by atoms with E-state index in [1.165, 1.54) is 0 Å². The third-order valence-corrected chi connectivity index (χ3v) is 5.28. The summed E-state index contributed by atoms with van der Waals surface area (Å²) in [7, 11) is -1.76. The molecule has 0 aliphatic carbocycles. The van der Waals surface area contributed by atoms with E-state index >= 15 is 0 Å². The van der Waals surface area contributed by atoms with Crippen molar-refractivity contribution in [1.82, 2.24) is 4.37 Å². The summed E-state index contributed by atoms with van der Waals surface area (Å²) in [4.78, 5) is 0.115. The van der Waals surface area contributed by atoms with Gasteiger partial charge in [0.2, 0.25) is 0 Å². The molecule has 0 fully saturated rings. The van der Waals surface area contributed by atoms with E-state index in [0.29, 0.717) is 11.6 Å². The van der Waals surface area contributed by atoms with Crippen molar-refractivity contribution in [3.63, 3.8) is 0 Å². The van der Waals surface area contributed by atoms with Gasteiger partial charge < -0.3 is 15.8 Å². The first kappa shape index (κ1) is 15.2. The van der Waals surface area contributed by atoms with Gasteiger partial charge in [-0.15, -0.1) is 0 Å². The smallest absolute Gasteiger partial charge is 0.184 e. The SMILES string of the molecule is CCC(COC)Nc1snc(N)c1S(=O)(=O)CC. The van der Waals surface area contributed by atoms with Crippen molar-refractivity contribution in [2.75, 3.05) is 30.5 Å². The summed E-state index contributed by atoms with van der Waals surface area (Å²) in [6.45, 7) is 4.08.